The maximum atomic E-state index is 13.6. The lowest BCUT2D eigenvalue weighted by Gasteiger charge is -2.19. The van der Waals surface area contributed by atoms with Gasteiger partial charge >= 0.3 is 5.97 Å². The average molecular weight is 256 g/mol. The quantitative estimate of drug-likeness (QED) is 0.705. The van der Waals surface area contributed by atoms with Crippen molar-refractivity contribution in [3.8, 4) is 0 Å². The average Bonchev–Trinajstić information content (AvgIpc) is 2.37. The van der Waals surface area contributed by atoms with Crippen LogP contribution in [0.2, 0.25) is 0 Å². The number of ether oxygens (including phenoxy) is 2. The summed E-state index contributed by atoms with van der Waals surface area (Å²) in [5.41, 5.74) is 0.375. The Labute approximate surface area is 105 Å². The first-order chi connectivity index (χ1) is 8.49. The standard InChI is InChI=1S/C13H17FO4/c1-8(6-12(15)18-3)13(16)9-4-5-11(17-2)10(14)7-9/h4-5,8,10H,6-7H2,1-3H3. The molecule has 0 spiro atoms. The maximum absolute atomic E-state index is 13.6. The zero-order chi connectivity index (χ0) is 13.7. The number of Topliss-reactive ketones (excluding diaryl/α,β-unsaturated/α-hetero) is 1. The third kappa shape index (κ3) is 3.42. The summed E-state index contributed by atoms with van der Waals surface area (Å²) < 4.78 is 22.9. The summed E-state index contributed by atoms with van der Waals surface area (Å²) in [5, 5.41) is 0. The molecular weight excluding hydrogens is 239 g/mol. The second-order valence-corrected chi connectivity index (χ2v) is 4.18. The Morgan fingerprint density at radius 1 is 1.44 bits per heavy atom. The van der Waals surface area contributed by atoms with E-state index in [1.807, 2.05) is 0 Å². The Morgan fingerprint density at radius 3 is 2.61 bits per heavy atom. The van der Waals surface area contributed by atoms with E-state index in [0.29, 0.717) is 5.57 Å². The number of hydrogen-bond donors (Lipinski definition) is 0. The molecule has 0 aromatic heterocycles. The van der Waals surface area contributed by atoms with Crippen LogP contribution >= 0.6 is 0 Å². The Bertz CT molecular complexity index is 398. The largest absolute Gasteiger partial charge is 0.498 e. The van der Waals surface area contributed by atoms with Crippen molar-refractivity contribution in [1.29, 1.82) is 0 Å². The van der Waals surface area contributed by atoms with E-state index in [1.165, 1.54) is 20.3 Å². The minimum absolute atomic E-state index is 0.00444. The molecule has 0 amide bonds. The van der Waals surface area contributed by atoms with Gasteiger partial charge in [0, 0.05) is 12.3 Å². The van der Waals surface area contributed by atoms with Gasteiger partial charge in [0.1, 0.15) is 5.76 Å². The zero-order valence-electron chi connectivity index (χ0n) is 10.7. The molecule has 5 heteroatoms. The molecule has 0 saturated heterocycles. The number of carbonyl (C=O) groups excluding carboxylic acids is 2. The smallest absolute Gasteiger partial charge is 0.306 e. The van der Waals surface area contributed by atoms with Crippen LogP contribution in [0, 0.1) is 5.92 Å². The highest BCUT2D eigenvalue weighted by atomic mass is 19.1. The van der Waals surface area contributed by atoms with Gasteiger partial charge in [-0.05, 0) is 11.6 Å². The van der Waals surface area contributed by atoms with Crippen molar-refractivity contribution in [3.63, 3.8) is 0 Å². The fourth-order valence-corrected chi connectivity index (χ4v) is 1.77. The monoisotopic (exact) mass is 256 g/mol. The van der Waals surface area contributed by atoms with E-state index in [1.54, 1.807) is 13.0 Å². The number of alkyl halides is 1. The van der Waals surface area contributed by atoms with Crippen molar-refractivity contribution in [2.45, 2.75) is 25.9 Å². The first-order valence-electron chi connectivity index (χ1n) is 5.69. The molecule has 100 valence electrons. The van der Waals surface area contributed by atoms with Crippen LogP contribution in [0.3, 0.4) is 0 Å². The molecule has 0 aromatic carbocycles. The lowest BCUT2D eigenvalue weighted by atomic mass is 9.90. The minimum atomic E-state index is -1.30. The molecule has 18 heavy (non-hydrogen) atoms. The maximum Gasteiger partial charge on any atom is 0.306 e. The SMILES string of the molecule is COC(=O)CC(C)C(=O)C1=CC=C(OC)C(F)C1. The highest BCUT2D eigenvalue weighted by molar-refractivity contribution is 5.99. The summed E-state index contributed by atoms with van der Waals surface area (Å²) in [7, 11) is 2.66. The van der Waals surface area contributed by atoms with Crippen LogP contribution < -0.4 is 0 Å². The van der Waals surface area contributed by atoms with E-state index in [-0.39, 0.29) is 24.4 Å². The molecular formula is C13H17FO4. The van der Waals surface area contributed by atoms with Crippen LogP contribution in [0.5, 0.6) is 0 Å². The van der Waals surface area contributed by atoms with Gasteiger partial charge in [-0.25, -0.2) is 4.39 Å². The van der Waals surface area contributed by atoms with Gasteiger partial charge in [-0.15, -0.1) is 0 Å². The topological polar surface area (TPSA) is 52.6 Å². The summed E-state index contributed by atoms with van der Waals surface area (Å²) >= 11 is 0. The number of hydrogen-bond acceptors (Lipinski definition) is 4. The van der Waals surface area contributed by atoms with E-state index in [4.69, 9.17) is 4.74 Å². The van der Waals surface area contributed by atoms with Crippen molar-refractivity contribution in [1.82, 2.24) is 0 Å². The lowest BCUT2D eigenvalue weighted by Crippen LogP contribution is -2.22. The van der Waals surface area contributed by atoms with Gasteiger partial charge < -0.3 is 9.47 Å². The van der Waals surface area contributed by atoms with Crippen LogP contribution in [0.1, 0.15) is 19.8 Å². The predicted octanol–water partition coefficient (Wildman–Crippen LogP) is 1.95. The third-order valence-corrected chi connectivity index (χ3v) is 2.86. The highest BCUT2D eigenvalue weighted by Gasteiger charge is 2.27. The Hall–Kier alpha value is -1.65. The second kappa shape index (κ2) is 6.33. The highest BCUT2D eigenvalue weighted by Crippen LogP contribution is 2.25. The van der Waals surface area contributed by atoms with Gasteiger partial charge in [-0.2, -0.15) is 0 Å². The molecule has 0 aromatic rings. The van der Waals surface area contributed by atoms with Gasteiger partial charge in [-0.3, -0.25) is 9.59 Å². The van der Waals surface area contributed by atoms with Crippen molar-refractivity contribution < 1.29 is 23.5 Å². The van der Waals surface area contributed by atoms with E-state index >= 15 is 0 Å². The number of allylic oxidation sites excluding steroid dienone is 4. The molecule has 1 aliphatic carbocycles. The molecule has 0 N–H and O–H groups in total. The van der Waals surface area contributed by atoms with E-state index < -0.39 is 18.1 Å². The molecule has 0 bridgehead atoms. The Balaban J connectivity index is 2.71. The van der Waals surface area contributed by atoms with Crippen LogP contribution in [0.4, 0.5) is 4.39 Å². The number of rotatable bonds is 5. The second-order valence-electron chi connectivity index (χ2n) is 4.18. The number of esters is 1. The normalized spacial score (nSPS) is 20.6. The molecule has 0 fully saturated rings. The molecule has 0 aliphatic heterocycles. The zero-order valence-corrected chi connectivity index (χ0v) is 10.7. The number of ketones is 1. The lowest BCUT2D eigenvalue weighted by molar-refractivity contribution is -0.143. The number of methoxy groups -OCH3 is 2. The van der Waals surface area contributed by atoms with E-state index in [0.717, 1.165) is 0 Å². The van der Waals surface area contributed by atoms with Crippen LogP contribution in [0.25, 0.3) is 0 Å². The molecule has 0 saturated carbocycles. The molecule has 1 rings (SSSR count). The summed E-state index contributed by atoms with van der Waals surface area (Å²) in [6, 6.07) is 0. The number of carbonyl (C=O) groups is 2. The van der Waals surface area contributed by atoms with Crippen molar-refractivity contribution in [2.75, 3.05) is 14.2 Å². The van der Waals surface area contributed by atoms with Crippen LogP contribution in [-0.2, 0) is 19.1 Å². The fraction of sp³-hybridized carbons (Fsp3) is 0.538. The minimum Gasteiger partial charge on any atom is -0.498 e. The Morgan fingerprint density at radius 2 is 2.11 bits per heavy atom. The van der Waals surface area contributed by atoms with Crippen molar-refractivity contribution >= 4 is 11.8 Å². The summed E-state index contributed by atoms with van der Waals surface area (Å²) in [6.07, 6.45) is 1.69. The number of halogens is 1. The Kier molecular flexibility index (Phi) is 5.07. The summed E-state index contributed by atoms with van der Waals surface area (Å²) in [6.45, 7) is 1.63. The molecule has 1 aliphatic rings. The van der Waals surface area contributed by atoms with Gasteiger partial charge in [0.25, 0.3) is 0 Å². The van der Waals surface area contributed by atoms with Gasteiger partial charge in [0.05, 0.1) is 20.6 Å². The fourth-order valence-electron chi connectivity index (χ4n) is 1.77. The third-order valence-electron chi connectivity index (χ3n) is 2.86. The first kappa shape index (κ1) is 14.4. The predicted molar refractivity (Wildman–Crippen MR) is 63.5 cm³/mol. The molecule has 0 heterocycles. The van der Waals surface area contributed by atoms with Crippen molar-refractivity contribution in [2.24, 2.45) is 5.92 Å². The molecule has 2 atom stereocenters. The van der Waals surface area contributed by atoms with E-state index in [9.17, 15) is 14.0 Å². The van der Waals surface area contributed by atoms with Crippen LogP contribution in [0.15, 0.2) is 23.5 Å². The van der Waals surface area contributed by atoms with E-state index in [2.05, 4.69) is 4.74 Å². The van der Waals surface area contributed by atoms with Gasteiger partial charge in [0.15, 0.2) is 12.0 Å². The molecule has 0 radical (unpaired) electrons. The summed E-state index contributed by atoms with van der Waals surface area (Å²) in [5.74, 6) is -0.966. The van der Waals surface area contributed by atoms with Gasteiger partial charge in [-0.1, -0.05) is 13.0 Å². The van der Waals surface area contributed by atoms with Gasteiger partial charge in [0.2, 0.25) is 0 Å². The molecule has 4 nitrogen and oxygen atoms in total. The summed E-state index contributed by atoms with van der Waals surface area (Å²) in [4.78, 5) is 23.0. The molecule has 2 unspecified atom stereocenters. The first-order valence-corrected chi connectivity index (χ1v) is 5.69. The van der Waals surface area contributed by atoms with Crippen LogP contribution in [-0.4, -0.2) is 32.1 Å². The van der Waals surface area contributed by atoms with Crippen molar-refractivity contribution in [3.05, 3.63) is 23.5 Å².